The Kier molecular flexibility index (Phi) is 8.23. The second-order valence-corrected chi connectivity index (χ2v) is 7.43. The highest BCUT2D eigenvalue weighted by molar-refractivity contribution is 5.96. The summed E-state index contributed by atoms with van der Waals surface area (Å²) in [7, 11) is 6.94. The van der Waals surface area contributed by atoms with Gasteiger partial charge in [-0.1, -0.05) is 19.0 Å². The van der Waals surface area contributed by atoms with E-state index in [-0.39, 0.29) is 17.5 Å². The number of hydrogen-bond acceptors (Lipinski definition) is 7. The van der Waals surface area contributed by atoms with Crippen LogP contribution < -0.4 is 20.1 Å². The van der Waals surface area contributed by atoms with Gasteiger partial charge in [-0.25, -0.2) is 0 Å². The minimum Gasteiger partial charge on any atom is -0.497 e. The summed E-state index contributed by atoms with van der Waals surface area (Å²) in [6.07, 6.45) is 0. The van der Waals surface area contributed by atoms with E-state index in [2.05, 4.69) is 15.8 Å². The van der Waals surface area contributed by atoms with Gasteiger partial charge < -0.3 is 29.5 Å². The third-order valence-electron chi connectivity index (χ3n) is 4.51. The number of nitrogens with one attached hydrogen (secondary N) is 2. The van der Waals surface area contributed by atoms with Gasteiger partial charge in [-0.3, -0.25) is 9.59 Å². The van der Waals surface area contributed by atoms with Crippen LogP contribution in [0.4, 0.5) is 0 Å². The van der Waals surface area contributed by atoms with Gasteiger partial charge in [0.1, 0.15) is 17.5 Å². The first-order valence-corrected chi connectivity index (χ1v) is 9.69. The Morgan fingerprint density at radius 3 is 2.50 bits per heavy atom. The number of amides is 2. The van der Waals surface area contributed by atoms with E-state index in [9.17, 15) is 9.59 Å². The molecule has 2 N–H and O–H groups in total. The van der Waals surface area contributed by atoms with Crippen molar-refractivity contribution in [2.75, 3.05) is 41.4 Å². The molecule has 1 aromatic carbocycles. The number of carbonyl (C=O) groups is 2. The molecule has 0 saturated heterocycles. The SMILES string of the molecule is COc1ccc(-c2cc(C(=O)N[C@H](C(=O)NCCN(C)C)C(C)C)no2)c(OC)c1. The minimum atomic E-state index is -0.685. The molecule has 30 heavy (non-hydrogen) atoms. The van der Waals surface area contributed by atoms with Crippen molar-refractivity contribution in [2.45, 2.75) is 19.9 Å². The van der Waals surface area contributed by atoms with Crippen LogP contribution in [0.1, 0.15) is 24.3 Å². The fourth-order valence-electron chi connectivity index (χ4n) is 2.77. The summed E-state index contributed by atoms with van der Waals surface area (Å²) in [4.78, 5) is 27.1. The van der Waals surface area contributed by atoms with Crippen molar-refractivity contribution in [2.24, 2.45) is 5.92 Å². The Hall–Kier alpha value is -3.07. The lowest BCUT2D eigenvalue weighted by Crippen LogP contribution is -2.50. The predicted octanol–water partition coefficient (Wildman–Crippen LogP) is 1.79. The van der Waals surface area contributed by atoms with Crippen LogP contribution in [-0.4, -0.2) is 69.3 Å². The van der Waals surface area contributed by atoms with Crippen LogP contribution in [0.2, 0.25) is 0 Å². The first-order valence-electron chi connectivity index (χ1n) is 9.69. The van der Waals surface area contributed by atoms with E-state index in [1.807, 2.05) is 32.8 Å². The number of carbonyl (C=O) groups excluding carboxylic acids is 2. The molecular weight excluding hydrogens is 388 g/mol. The van der Waals surface area contributed by atoms with E-state index >= 15 is 0 Å². The van der Waals surface area contributed by atoms with Crippen LogP contribution in [0.5, 0.6) is 11.5 Å². The summed E-state index contributed by atoms with van der Waals surface area (Å²) in [6, 6.07) is 6.06. The highest BCUT2D eigenvalue weighted by atomic mass is 16.5. The minimum absolute atomic E-state index is 0.0783. The van der Waals surface area contributed by atoms with E-state index in [0.29, 0.717) is 35.9 Å². The van der Waals surface area contributed by atoms with Gasteiger partial charge in [-0.05, 0) is 32.1 Å². The Bertz CT molecular complexity index is 863. The average Bonchev–Trinajstić information content (AvgIpc) is 3.20. The number of ether oxygens (including phenoxy) is 2. The van der Waals surface area contributed by atoms with Gasteiger partial charge in [0, 0.05) is 25.2 Å². The van der Waals surface area contributed by atoms with E-state index in [4.69, 9.17) is 14.0 Å². The molecule has 0 radical (unpaired) electrons. The molecule has 0 aliphatic heterocycles. The summed E-state index contributed by atoms with van der Waals surface area (Å²) >= 11 is 0. The lowest BCUT2D eigenvalue weighted by Gasteiger charge is -2.21. The number of likely N-dealkylation sites (N-methyl/N-ethyl adjacent to an activating group) is 1. The van der Waals surface area contributed by atoms with Crippen molar-refractivity contribution in [1.82, 2.24) is 20.7 Å². The maximum Gasteiger partial charge on any atom is 0.274 e. The molecule has 2 aromatic rings. The summed E-state index contributed by atoms with van der Waals surface area (Å²) in [6.45, 7) is 4.94. The van der Waals surface area contributed by atoms with Crippen LogP contribution >= 0.6 is 0 Å². The van der Waals surface area contributed by atoms with Crippen LogP contribution in [0.3, 0.4) is 0 Å². The molecule has 0 aliphatic rings. The van der Waals surface area contributed by atoms with Crippen LogP contribution in [0, 0.1) is 5.92 Å². The molecule has 1 aromatic heterocycles. The van der Waals surface area contributed by atoms with E-state index < -0.39 is 11.9 Å². The second kappa shape index (κ2) is 10.6. The van der Waals surface area contributed by atoms with Crippen molar-refractivity contribution in [3.63, 3.8) is 0 Å². The lowest BCUT2D eigenvalue weighted by molar-refractivity contribution is -0.123. The Morgan fingerprint density at radius 2 is 1.90 bits per heavy atom. The third-order valence-corrected chi connectivity index (χ3v) is 4.51. The quantitative estimate of drug-likeness (QED) is 0.606. The number of hydrogen-bond donors (Lipinski definition) is 2. The zero-order valence-electron chi connectivity index (χ0n) is 18.3. The molecule has 0 bridgehead atoms. The maximum atomic E-state index is 12.7. The highest BCUT2D eigenvalue weighted by Crippen LogP contribution is 2.33. The van der Waals surface area contributed by atoms with E-state index in [0.717, 1.165) is 0 Å². The van der Waals surface area contributed by atoms with Crippen molar-refractivity contribution < 1.29 is 23.6 Å². The number of aromatic nitrogens is 1. The Balaban J connectivity index is 2.12. The molecule has 1 atom stereocenters. The summed E-state index contributed by atoms with van der Waals surface area (Å²) < 4.78 is 15.9. The van der Waals surface area contributed by atoms with E-state index in [1.54, 1.807) is 25.3 Å². The molecule has 0 spiro atoms. The molecule has 164 valence electrons. The van der Waals surface area contributed by atoms with Gasteiger partial charge in [0.2, 0.25) is 5.91 Å². The number of methoxy groups -OCH3 is 2. The van der Waals surface area contributed by atoms with Gasteiger partial charge in [0.05, 0.1) is 19.8 Å². The third kappa shape index (κ3) is 5.96. The molecule has 0 fully saturated rings. The molecule has 0 saturated carbocycles. The molecular formula is C21H30N4O5. The van der Waals surface area contributed by atoms with Gasteiger partial charge in [0.15, 0.2) is 11.5 Å². The monoisotopic (exact) mass is 418 g/mol. The molecule has 9 heteroatoms. The smallest absolute Gasteiger partial charge is 0.274 e. The zero-order valence-corrected chi connectivity index (χ0v) is 18.3. The van der Waals surface area contributed by atoms with E-state index in [1.165, 1.54) is 13.2 Å². The summed E-state index contributed by atoms with van der Waals surface area (Å²) in [5, 5.41) is 9.44. The molecule has 0 aliphatic carbocycles. The standard InChI is InChI=1S/C21H30N4O5/c1-13(2)19(21(27)22-9-10-25(3)4)23-20(26)16-12-18(30-24-16)15-8-7-14(28-5)11-17(15)29-6/h7-8,11-13,19H,9-10H2,1-6H3,(H,22,27)(H,23,26)/t19-/m0/s1. The average molecular weight is 418 g/mol. The first kappa shape index (κ1) is 23.2. The molecule has 0 unspecified atom stereocenters. The lowest BCUT2D eigenvalue weighted by atomic mass is 10.0. The normalized spacial score (nSPS) is 12.0. The first-order chi connectivity index (χ1) is 14.3. The van der Waals surface area contributed by atoms with Crippen LogP contribution in [0.25, 0.3) is 11.3 Å². The topological polar surface area (TPSA) is 106 Å². The fourth-order valence-corrected chi connectivity index (χ4v) is 2.77. The largest absolute Gasteiger partial charge is 0.497 e. The molecule has 2 rings (SSSR count). The Labute approximate surface area is 176 Å². The van der Waals surface area contributed by atoms with Crippen LogP contribution in [-0.2, 0) is 4.79 Å². The number of nitrogens with zero attached hydrogens (tertiary/aromatic N) is 2. The number of benzene rings is 1. The van der Waals surface area contributed by atoms with Gasteiger partial charge in [-0.2, -0.15) is 0 Å². The predicted molar refractivity (Wildman–Crippen MR) is 113 cm³/mol. The van der Waals surface area contributed by atoms with Crippen molar-refractivity contribution in [3.8, 4) is 22.8 Å². The van der Waals surface area contributed by atoms with Crippen molar-refractivity contribution in [1.29, 1.82) is 0 Å². The van der Waals surface area contributed by atoms with Gasteiger partial charge in [0.25, 0.3) is 5.91 Å². The van der Waals surface area contributed by atoms with Crippen LogP contribution in [0.15, 0.2) is 28.8 Å². The summed E-state index contributed by atoms with van der Waals surface area (Å²) in [5.41, 5.74) is 0.710. The highest BCUT2D eigenvalue weighted by Gasteiger charge is 2.26. The Morgan fingerprint density at radius 1 is 1.17 bits per heavy atom. The van der Waals surface area contributed by atoms with Crippen molar-refractivity contribution >= 4 is 11.8 Å². The molecule has 2 amide bonds. The zero-order chi connectivity index (χ0) is 22.3. The summed E-state index contributed by atoms with van der Waals surface area (Å²) in [5.74, 6) is 0.711. The van der Waals surface area contributed by atoms with Crippen molar-refractivity contribution in [3.05, 3.63) is 30.0 Å². The maximum absolute atomic E-state index is 12.7. The molecule has 9 nitrogen and oxygen atoms in total. The second-order valence-electron chi connectivity index (χ2n) is 7.43. The van der Waals surface area contributed by atoms with Gasteiger partial charge >= 0.3 is 0 Å². The fraction of sp³-hybridized carbons (Fsp3) is 0.476. The van der Waals surface area contributed by atoms with Gasteiger partial charge in [-0.15, -0.1) is 0 Å². The number of rotatable bonds is 10. The molecule has 1 heterocycles.